The number of nitrogens with one attached hydrogen (secondary N) is 1. The van der Waals surface area contributed by atoms with Crippen LogP contribution in [-0.4, -0.2) is 134 Å². The largest absolute Gasteiger partial charge is 0.496 e. The Hall–Kier alpha value is -4.43. The Labute approximate surface area is 360 Å². The summed E-state index contributed by atoms with van der Waals surface area (Å²) >= 11 is 0. The van der Waals surface area contributed by atoms with E-state index in [1.807, 2.05) is 52.2 Å². The van der Waals surface area contributed by atoms with Crippen molar-refractivity contribution in [1.82, 2.24) is 14.8 Å². The Kier molecular flexibility index (Phi) is 12.7. The summed E-state index contributed by atoms with van der Waals surface area (Å²) in [6.07, 6.45) is 7.83. The van der Waals surface area contributed by atoms with E-state index in [9.17, 15) is 19.8 Å². The molecule has 2 aromatic carbocycles. The van der Waals surface area contributed by atoms with Crippen molar-refractivity contribution in [2.24, 2.45) is 11.3 Å². The number of fused-ring (bicyclic) bond motifs is 6. The van der Waals surface area contributed by atoms with E-state index in [1.54, 1.807) is 7.11 Å². The summed E-state index contributed by atoms with van der Waals surface area (Å²) in [7, 11) is 8.38. The van der Waals surface area contributed by atoms with E-state index >= 15 is 4.79 Å². The van der Waals surface area contributed by atoms with Crippen LogP contribution < -0.4 is 9.64 Å². The number of aliphatic hydroxyl groups is 2. The fraction of sp³-hybridized carbons (Fsp3) is 0.604. The maximum absolute atomic E-state index is 15.0. The highest BCUT2D eigenvalue weighted by molar-refractivity contribution is 5.94. The third-order valence-corrected chi connectivity index (χ3v) is 14.6. The Morgan fingerprint density at radius 3 is 2.43 bits per heavy atom. The lowest BCUT2D eigenvalue weighted by Crippen LogP contribution is -2.69. The van der Waals surface area contributed by atoms with Gasteiger partial charge in [0.15, 0.2) is 11.7 Å². The molecule has 4 aliphatic rings. The van der Waals surface area contributed by atoms with E-state index in [0.717, 1.165) is 58.5 Å². The number of hydrogen-bond donors (Lipinski definition) is 3. The van der Waals surface area contributed by atoms with Crippen LogP contribution in [0.3, 0.4) is 0 Å². The maximum atomic E-state index is 15.0. The van der Waals surface area contributed by atoms with Gasteiger partial charge < -0.3 is 39.0 Å². The summed E-state index contributed by atoms with van der Waals surface area (Å²) in [5, 5.41) is 24.7. The predicted octanol–water partition coefficient (Wildman–Crippen LogP) is 5.31. The van der Waals surface area contributed by atoms with E-state index < -0.39 is 40.1 Å². The highest BCUT2D eigenvalue weighted by Gasteiger charge is 2.63. The molecule has 1 saturated heterocycles. The smallest absolute Gasteiger partial charge is 0.341 e. The third-order valence-electron chi connectivity index (χ3n) is 14.6. The fourth-order valence-electron chi connectivity index (χ4n) is 11.8. The van der Waals surface area contributed by atoms with Crippen LogP contribution in [0.4, 0.5) is 5.69 Å². The van der Waals surface area contributed by atoms with Gasteiger partial charge in [-0.2, -0.15) is 0 Å². The lowest BCUT2D eigenvalue weighted by molar-refractivity contribution is -0.217. The number of benzene rings is 2. The van der Waals surface area contributed by atoms with Gasteiger partial charge in [-0.15, -0.1) is 0 Å². The van der Waals surface area contributed by atoms with Gasteiger partial charge in [0.1, 0.15) is 11.2 Å². The van der Waals surface area contributed by atoms with Crippen molar-refractivity contribution in [1.29, 1.82) is 0 Å². The second-order valence-electron chi connectivity index (χ2n) is 18.3. The summed E-state index contributed by atoms with van der Waals surface area (Å²) in [5.74, 6) is -1.17. The van der Waals surface area contributed by atoms with Crippen LogP contribution >= 0.6 is 0 Å². The Balaban J connectivity index is 1.30. The van der Waals surface area contributed by atoms with Crippen LogP contribution in [0.5, 0.6) is 5.75 Å². The highest BCUT2D eigenvalue weighted by atomic mass is 16.6. The van der Waals surface area contributed by atoms with Crippen molar-refractivity contribution in [3.8, 4) is 5.75 Å². The summed E-state index contributed by atoms with van der Waals surface area (Å²) in [4.78, 5) is 51.2. The van der Waals surface area contributed by atoms with Crippen molar-refractivity contribution < 1.29 is 43.5 Å². The Bertz CT molecular complexity index is 2150. The van der Waals surface area contributed by atoms with Crippen molar-refractivity contribution in [3.05, 3.63) is 70.9 Å². The molecule has 0 spiro atoms. The summed E-state index contributed by atoms with van der Waals surface area (Å²) in [6, 6.07) is 12.3. The van der Waals surface area contributed by atoms with Gasteiger partial charge in [-0.05, 0) is 93.5 Å². The molecule has 3 aliphatic heterocycles. The minimum Gasteiger partial charge on any atom is -0.496 e. The number of H-pyrrole nitrogens is 1. The summed E-state index contributed by atoms with van der Waals surface area (Å²) in [5.41, 5.74) is 0.663. The molecule has 2 bridgehead atoms. The van der Waals surface area contributed by atoms with E-state index in [-0.39, 0.29) is 24.3 Å². The van der Waals surface area contributed by atoms with Gasteiger partial charge in [0.05, 0.1) is 26.9 Å². The number of para-hydroxylation sites is 1. The van der Waals surface area contributed by atoms with Crippen LogP contribution in [0.2, 0.25) is 0 Å². The lowest BCUT2D eigenvalue weighted by atomic mass is 9.59. The number of hydrogen-bond acceptors (Lipinski definition) is 12. The molecular formula is C48H66N4O9. The standard InChI is InChI=1S/C48H66N4O9/c1-9-45(56)27-32-28-47(43(54)59-7,41-35(19-24-51(29-32)30-45)34-16-11-12-17-37(34)49-41)36-25-33(38(50(4)5)26-39(36)58-6)15-13-22-52-23-14-20-46(10-2)40(52)18-21-48(57,44(55)60-8)42(46)61-31(3)53/h11-12,14,16-17,20,25-26,32,40,42,49,56-57H,9-10,13,15,18-19,21-24,27-30H2,1-8H3/t32-,40+,42+,45-,46+,47-,48-/m0/s1. The van der Waals surface area contributed by atoms with Gasteiger partial charge in [0, 0.05) is 92.6 Å². The van der Waals surface area contributed by atoms with Gasteiger partial charge in [-0.1, -0.05) is 44.2 Å². The monoisotopic (exact) mass is 842 g/mol. The topological polar surface area (TPSA) is 154 Å². The second kappa shape index (κ2) is 17.4. The average molecular weight is 843 g/mol. The van der Waals surface area contributed by atoms with Crippen molar-refractivity contribution in [2.75, 3.05) is 73.0 Å². The zero-order chi connectivity index (χ0) is 43.9. The number of aromatic amines is 1. The highest BCUT2D eigenvalue weighted by Crippen LogP contribution is 2.53. The van der Waals surface area contributed by atoms with Gasteiger partial charge in [0.25, 0.3) is 0 Å². The maximum Gasteiger partial charge on any atom is 0.341 e. The number of rotatable bonds is 12. The quantitative estimate of drug-likeness (QED) is 0.123. The number of aromatic nitrogens is 1. The zero-order valence-corrected chi connectivity index (χ0v) is 37.3. The molecule has 8 atom stereocenters. The first-order chi connectivity index (χ1) is 29.1. The molecule has 0 unspecified atom stereocenters. The minimum atomic E-state index is -1.97. The second-order valence-corrected chi connectivity index (χ2v) is 18.3. The molecule has 332 valence electrons. The molecule has 1 aromatic heterocycles. The lowest BCUT2D eigenvalue weighted by Gasteiger charge is -2.57. The fourth-order valence-corrected chi connectivity index (χ4v) is 11.8. The van der Waals surface area contributed by atoms with Crippen molar-refractivity contribution >= 4 is 34.5 Å². The number of nitrogens with zero attached hydrogens (tertiary/aromatic N) is 3. The van der Waals surface area contributed by atoms with Crippen LogP contribution in [0, 0.1) is 11.3 Å². The molecule has 0 amide bonds. The first kappa shape index (κ1) is 44.6. The van der Waals surface area contributed by atoms with Gasteiger partial charge in [0.2, 0.25) is 0 Å². The van der Waals surface area contributed by atoms with E-state index in [1.165, 1.54) is 21.1 Å². The number of esters is 3. The Morgan fingerprint density at radius 1 is 1.00 bits per heavy atom. The summed E-state index contributed by atoms with van der Waals surface area (Å²) in [6.45, 7) is 8.81. The van der Waals surface area contributed by atoms with Crippen molar-refractivity contribution in [2.45, 2.75) is 107 Å². The molecule has 3 aromatic rings. The van der Waals surface area contributed by atoms with Gasteiger partial charge in [-0.3, -0.25) is 19.4 Å². The average Bonchev–Trinajstić information content (AvgIpc) is 3.64. The normalized spacial score (nSPS) is 31.2. The SMILES string of the molecule is CC[C@]1(O)C[C@@H]2C[N@@](CCc3c([nH]c4ccccc34)[C@@](C(=O)OC)(c3cc(CCCN4CC=C[C@@]5(CC)[C@@H](OC(C)=O)[C@](O)(C(=O)OC)CC[C@@H]45)c(N(C)C)cc3OC)C2)C1. The number of piperidine rings is 1. The molecule has 61 heavy (non-hydrogen) atoms. The molecule has 0 radical (unpaired) electrons. The van der Waals surface area contributed by atoms with Gasteiger partial charge >= 0.3 is 17.9 Å². The molecular weight excluding hydrogens is 777 g/mol. The van der Waals surface area contributed by atoms with E-state index in [4.69, 9.17) is 18.9 Å². The molecule has 2 fully saturated rings. The van der Waals surface area contributed by atoms with Crippen molar-refractivity contribution in [3.63, 3.8) is 0 Å². The predicted molar refractivity (Wildman–Crippen MR) is 234 cm³/mol. The number of methoxy groups -OCH3 is 3. The summed E-state index contributed by atoms with van der Waals surface area (Å²) < 4.78 is 23.1. The molecule has 7 rings (SSSR count). The first-order valence-electron chi connectivity index (χ1n) is 22.0. The van der Waals surface area contributed by atoms with E-state index in [2.05, 4.69) is 44.0 Å². The van der Waals surface area contributed by atoms with Crippen LogP contribution in [-0.2, 0) is 46.9 Å². The first-order valence-corrected chi connectivity index (χ1v) is 22.0. The third kappa shape index (κ3) is 7.74. The molecule has 3 N–H and O–H groups in total. The van der Waals surface area contributed by atoms with Crippen LogP contribution in [0.25, 0.3) is 10.9 Å². The number of carbonyl (C=O) groups is 3. The van der Waals surface area contributed by atoms with Crippen LogP contribution in [0.15, 0.2) is 48.6 Å². The van der Waals surface area contributed by atoms with E-state index in [0.29, 0.717) is 70.3 Å². The number of ether oxygens (including phenoxy) is 4. The zero-order valence-electron chi connectivity index (χ0n) is 37.3. The van der Waals surface area contributed by atoms with Gasteiger partial charge in [-0.25, -0.2) is 4.79 Å². The number of aryl methyl sites for hydroxylation is 1. The number of carbonyl (C=O) groups excluding carboxylic acids is 3. The minimum absolute atomic E-state index is 0.0222. The number of anilines is 1. The molecule has 13 heteroatoms. The molecule has 13 nitrogen and oxygen atoms in total. The van der Waals surface area contributed by atoms with Crippen LogP contribution in [0.1, 0.15) is 88.1 Å². The molecule has 1 aliphatic carbocycles. The molecule has 1 saturated carbocycles. The molecule has 4 heterocycles. The Morgan fingerprint density at radius 2 is 1.75 bits per heavy atom.